The van der Waals surface area contributed by atoms with Gasteiger partial charge in [0.25, 0.3) is 0 Å². The zero-order chi connectivity index (χ0) is 13.6. The molecule has 0 bridgehead atoms. The molecule has 1 heterocycles. The third kappa shape index (κ3) is 5.24. The average Bonchev–Trinajstić information content (AvgIpc) is 2.69. The van der Waals surface area contributed by atoms with Crippen LogP contribution in [-0.4, -0.2) is 23.1 Å². The summed E-state index contributed by atoms with van der Waals surface area (Å²) in [7, 11) is 0. The van der Waals surface area contributed by atoms with Crippen LogP contribution in [-0.2, 0) is 0 Å². The normalized spacial score (nSPS) is 25.6. The summed E-state index contributed by atoms with van der Waals surface area (Å²) in [5, 5.41) is 3.71. The zero-order valence-electron chi connectivity index (χ0n) is 12.7. The highest BCUT2D eigenvalue weighted by Gasteiger charge is 2.36. The summed E-state index contributed by atoms with van der Waals surface area (Å²) in [4.78, 5) is 0. The third-order valence-electron chi connectivity index (χ3n) is 3.40. The molecule has 1 rings (SSSR count). The highest BCUT2D eigenvalue weighted by atomic mass is 32.2. The Morgan fingerprint density at radius 3 is 2.61 bits per heavy atom. The molecule has 0 amide bonds. The van der Waals surface area contributed by atoms with Crippen molar-refractivity contribution in [3.05, 3.63) is 0 Å². The van der Waals surface area contributed by atoms with Crippen LogP contribution in [0.1, 0.15) is 60.3 Å². The van der Waals surface area contributed by atoms with Crippen molar-refractivity contribution in [3.8, 4) is 11.8 Å². The second kappa shape index (κ2) is 6.87. The van der Waals surface area contributed by atoms with Crippen LogP contribution >= 0.6 is 11.8 Å². The van der Waals surface area contributed by atoms with E-state index in [9.17, 15) is 0 Å². The van der Waals surface area contributed by atoms with Crippen LogP contribution in [0.3, 0.4) is 0 Å². The Kier molecular flexibility index (Phi) is 6.08. The molecule has 2 unspecified atom stereocenters. The summed E-state index contributed by atoms with van der Waals surface area (Å²) in [6.45, 7) is 12.3. The largest absolute Gasteiger partial charge is 0.312 e. The zero-order valence-corrected chi connectivity index (χ0v) is 13.5. The topological polar surface area (TPSA) is 12.0 Å². The van der Waals surface area contributed by atoms with Gasteiger partial charge in [0.2, 0.25) is 0 Å². The van der Waals surface area contributed by atoms with Crippen molar-refractivity contribution < 1.29 is 0 Å². The Hall–Kier alpha value is -0.130. The molecule has 0 spiro atoms. The maximum absolute atomic E-state index is 3.71. The van der Waals surface area contributed by atoms with Crippen molar-refractivity contribution >= 4 is 11.8 Å². The molecule has 0 saturated carbocycles. The molecule has 1 saturated heterocycles. The molecule has 2 heteroatoms. The fourth-order valence-electron chi connectivity index (χ4n) is 2.32. The lowest BCUT2D eigenvalue weighted by molar-refractivity contribution is 0.407. The average molecular weight is 267 g/mol. The predicted molar refractivity (Wildman–Crippen MR) is 84.0 cm³/mol. The molecule has 1 nitrogen and oxygen atoms in total. The van der Waals surface area contributed by atoms with E-state index in [1.54, 1.807) is 0 Å². The van der Waals surface area contributed by atoms with Crippen molar-refractivity contribution in [3.63, 3.8) is 0 Å². The fourth-order valence-corrected chi connectivity index (χ4v) is 3.73. The van der Waals surface area contributed by atoms with E-state index in [1.165, 1.54) is 25.0 Å². The van der Waals surface area contributed by atoms with Crippen LogP contribution in [0.25, 0.3) is 0 Å². The molecule has 1 N–H and O–H groups in total. The fraction of sp³-hybridized carbons (Fsp3) is 0.875. The first kappa shape index (κ1) is 15.9. The molecular weight excluding hydrogens is 238 g/mol. The van der Waals surface area contributed by atoms with Crippen molar-refractivity contribution in [2.24, 2.45) is 5.41 Å². The summed E-state index contributed by atoms with van der Waals surface area (Å²) >= 11 is 2.13. The number of nitrogens with one attached hydrogen (secondary N) is 1. The van der Waals surface area contributed by atoms with Crippen molar-refractivity contribution in [1.29, 1.82) is 0 Å². The van der Waals surface area contributed by atoms with Gasteiger partial charge in [-0.3, -0.25) is 0 Å². The van der Waals surface area contributed by atoms with E-state index < -0.39 is 0 Å². The molecule has 0 aromatic heterocycles. The van der Waals surface area contributed by atoms with Crippen LogP contribution in [0, 0.1) is 17.3 Å². The van der Waals surface area contributed by atoms with Gasteiger partial charge < -0.3 is 5.32 Å². The Morgan fingerprint density at radius 2 is 2.11 bits per heavy atom. The van der Waals surface area contributed by atoms with Crippen molar-refractivity contribution in [2.75, 3.05) is 12.3 Å². The van der Waals surface area contributed by atoms with Gasteiger partial charge in [0.05, 0.1) is 0 Å². The van der Waals surface area contributed by atoms with Gasteiger partial charge in [-0.15, -0.1) is 5.92 Å². The van der Waals surface area contributed by atoms with Gasteiger partial charge in [-0.1, -0.05) is 12.8 Å². The van der Waals surface area contributed by atoms with E-state index in [4.69, 9.17) is 0 Å². The van der Waals surface area contributed by atoms with E-state index in [0.717, 1.165) is 13.0 Å². The highest BCUT2D eigenvalue weighted by molar-refractivity contribution is 8.00. The summed E-state index contributed by atoms with van der Waals surface area (Å²) in [6, 6.07) is 0.541. The van der Waals surface area contributed by atoms with E-state index in [1.807, 2.05) is 0 Å². The lowest BCUT2D eigenvalue weighted by Crippen LogP contribution is -2.45. The molecule has 0 aromatic carbocycles. The maximum Gasteiger partial charge on any atom is 0.0321 e. The van der Waals surface area contributed by atoms with Gasteiger partial charge >= 0.3 is 0 Å². The molecular formula is C16H29NS. The minimum atomic E-state index is 0.124. The summed E-state index contributed by atoms with van der Waals surface area (Å²) < 4.78 is 0.391. The first-order valence-electron chi connectivity index (χ1n) is 7.25. The number of rotatable bonds is 5. The summed E-state index contributed by atoms with van der Waals surface area (Å²) in [6.07, 6.45) is 4.87. The summed E-state index contributed by atoms with van der Waals surface area (Å²) in [5.74, 6) is 8.09. The Morgan fingerprint density at radius 1 is 1.39 bits per heavy atom. The molecule has 1 aliphatic rings. The molecule has 1 fully saturated rings. The second-order valence-corrected chi connectivity index (χ2v) is 8.16. The maximum atomic E-state index is 3.71. The standard InChI is InChI=1S/C16H29NS/c1-6-12-17-14(9-7-10-15(2,3)4)16(5)11-8-13-18-16/h14,17H,6,8-9,11-13H2,1-5H3. The van der Waals surface area contributed by atoms with E-state index >= 15 is 0 Å². The minimum Gasteiger partial charge on any atom is -0.312 e. The second-order valence-electron chi connectivity index (χ2n) is 6.53. The van der Waals surface area contributed by atoms with Crippen LogP contribution in [0.15, 0.2) is 0 Å². The van der Waals surface area contributed by atoms with E-state index in [0.29, 0.717) is 10.8 Å². The van der Waals surface area contributed by atoms with Gasteiger partial charge in [0, 0.05) is 22.6 Å². The SMILES string of the molecule is CCCNC(CC#CC(C)(C)C)C1(C)CCCS1. The van der Waals surface area contributed by atoms with Crippen LogP contribution in [0.4, 0.5) is 0 Å². The third-order valence-corrected chi connectivity index (χ3v) is 5.04. The molecule has 104 valence electrons. The van der Waals surface area contributed by atoms with E-state index in [-0.39, 0.29) is 5.41 Å². The molecule has 2 atom stereocenters. The number of hydrogen-bond donors (Lipinski definition) is 1. The first-order chi connectivity index (χ1) is 8.37. The Balaban J connectivity index is 2.63. The van der Waals surface area contributed by atoms with Crippen molar-refractivity contribution in [1.82, 2.24) is 5.32 Å². The molecule has 0 aromatic rings. The first-order valence-corrected chi connectivity index (χ1v) is 8.23. The molecule has 18 heavy (non-hydrogen) atoms. The Labute approximate surface area is 118 Å². The number of hydrogen-bond acceptors (Lipinski definition) is 2. The lowest BCUT2D eigenvalue weighted by Gasteiger charge is -2.33. The summed E-state index contributed by atoms with van der Waals surface area (Å²) in [5.41, 5.74) is 0.124. The number of thioether (sulfide) groups is 1. The Bertz CT molecular complexity index is 299. The lowest BCUT2D eigenvalue weighted by atomic mass is 9.92. The quantitative estimate of drug-likeness (QED) is 0.753. The van der Waals surface area contributed by atoms with Gasteiger partial charge in [0.1, 0.15) is 0 Å². The van der Waals surface area contributed by atoms with Gasteiger partial charge in [0.15, 0.2) is 0 Å². The van der Waals surface area contributed by atoms with Crippen LogP contribution < -0.4 is 5.32 Å². The van der Waals surface area contributed by atoms with Crippen LogP contribution in [0.5, 0.6) is 0 Å². The monoisotopic (exact) mass is 267 g/mol. The highest BCUT2D eigenvalue weighted by Crippen LogP contribution is 2.41. The van der Waals surface area contributed by atoms with Gasteiger partial charge in [-0.2, -0.15) is 11.8 Å². The minimum absolute atomic E-state index is 0.124. The van der Waals surface area contributed by atoms with Crippen molar-refractivity contribution in [2.45, 2.75) is 71.1 Å². The van der Waals surface area contributed by atoms with E-state index in [2.05, 4.69) is 63.5 Å². The predicted octanol–water partition coefficient (Wildman–Crippen LogP) is 4.08. The molecule has 1 aliphatic heterocycles. The van der Waals surface area contributed by atoms with Crippen LogP contribution in [0.2, 0.25) is 0 Å². The smallest absolute Gasteiger partial charge is 0.0321 e. The molecule has 0 aliphatic carbocycles. The molecule has 0 radical (unpaired) electrons. The van der Waals surface area contributed by atoms with Gasteiger partial charge in [-0.05, 0) is 59.3 Å². The van der Waals surface area contributed by atoms with Gasteiger partial charge in [-0.25, -0.2) is 0 Å².